The molecule has 1 aromatic rings. The van der Waals surface area contributed by atoms with Crippen molar-refractivity contribution >= 4 is 0 Å². The van der Waals surface area contributed by atoms with Gasteiger partial charge in [-0.2, -0.15) is 0 Å². The molecule has 1 saturated heterocycles. The maximum absolute atomic E-state index is 5.37. The number of likely N-dealkylation sites (tertiary alicyclic amines) is 1. The van der Waals surface area contributed by atoms with Crippen molar-refractivity contribution in [3.8, 4) is 11.5 Å². The molecule has 0 amide bonds. The number of rotatable bonds is 7. The summed E-state index contributed by atoms with van der Waals surface area (Å²) in [6, 6.07) is 6.77. The van der Waals surface area contributed by atoms with E-state index in [-0.39, 0.29) is 0 Å². The normalized spacial score (nSPS) is 19.2. The summed E-state index contributed by atoms with van der Waals surface area (Å²) in [6.45, 7) is 8.87. The third-order valence-corrected chi connectivity index (χ3v) is 4.04. The fourth-order valence-corrected chi connectivity index (χ4v) is 2.86. The number of hydrogen-bond acceptors (Lipinski definition) is 4. The zero-order valence-electron chi connectivity index (χ0n) is 13.7. The fraction of sp³-hybridized carbons (Fsp3) is 0.647. The van der Waals surface area contributed by atoms with Crippen LogP contribution in [0.3, 0.4) is 0 Å². The van der Waals surface area contributed by atoms with Crippen molar-refractivity contribution in [1.29, 1.82) is 0 Å². The van der Waals surface area contributed by atoms with Gasteiger partial charge in [0.2, 0.25) is 0 Å². The minimum atomic E-state index is 0.574. The number of benzene rings is 1. The molecule has 1 heterocycles. The topological polar surface area (TPSA) is 33.7 Å². The van der Waals surface area contributed by atoms with Gasteiger partial charge in [-0.15, -0.1) is 0 Å². The lowest BCUT2D eigenvalue weighted by Crippen LogP contribution is -2.30. The molecule has 0 saturated carbocycles. The van der Waals surface area contributed by atoms with Crippen molar-refractivity contribution in [3.63, 3.8) is 0 Å². The average Bonchev–Trinajstić information content (AvgIpc) is 2.92. The van der Waals surface area contributed by atoms with Gasteiger partial charge in [0.05, 0.1) is 14.2 Å². The first kappa shape index (κ1) is 16.1. The molecule has 21 heavy (non-hydrogen) atoms. The van der Waals surface area contributed by atoms with E-state index in [1.807, 2.05) is 6.07 Å². The number of methoxy groups -OCH3 is 2. The lowest BCUT2D eigenvalue weighted by Gasteiger charge is -2.18. The van der Waals surface area contributed by atoms with E-state index >= 15 is 0 Å². The monoisotopic (exact) mass is 292 g/mol. The van der Waals surface area contributed by atoms with Crippen LogP contribution in [0.4, 0.5) is 0 Å². The minimum absolute atomic E-state index is 0.574. The van der Waals surface area contributed by atoms with Gasteiger partial charge in [0.25, 0.3) is 0 Å². The molecular formula is C17H28N2O2. The van der Waals surface area contributed by atoms with Gasteiger partial charge in [-0.1, -0.05) is 19.9 Å². The lowest BCUT2D eigenvalue weighted by molar-refractivity contribution is 0.310. The maximum atomic E-state index is 5.37. The zero-order valence-corrected chi connectivity index (χ0v) is 13.7. The molecule has 0 spiro atoms. The van der Waals surface area contributed by atoms with Crippen LogP contribution in [0.15, 0.2) is 18.2 Å². The summed E-state index contributed by atoms with van der Waals surface area (Å²) >= 11 is 0. The number of nitrogens with one attached hydrogen (secondary N) is 1. The van der Waals surface area contributed by atoms with Crippen LogP contribution in [0.2, 0.25) is 0 Å². The van der Waals surface area contributed by atoms with Crippen LogP contribution in [0.5, 0.6) is 11.5 Å². The zero-order chi connectivity index (χ0) is 15.2. The Hall–Kier alpha value is -1.26. The molecule has 0 aromatic heterocycles. The second-order valence-corrected chi connectivity index (χ2v) is 6.14. The number of hydrogen-bond donors (Lipinski definition) is 1. The third-order valence-electron chi connectivity index (χ3n) is 4.04. The van der Waals surface area contributed by atoms with Gasteiger partial charge in [-0.25, -0.2) is 0 Å². The second-order valence-electron chi connectivity index (χ2n) is 6.14. The van der Waals surface area contributed by atoms with E-state index < -0.39 is 0 Å². The molecule has 2 rings (SSSR count). The highest BCUT2D eigenvalue weighted by atomic mass is 16.5. The predicted octanol–water partition coefficient (Wildman–Crippen LogP) is 2.52. The van der Waals surface area contributed by atoms with Crippen LogP contribution < -0.4 is 14.8 Å². The third kappa shape index (κ3) is 4.61. The largest absolute Gasteiger partial charge is 0.493 e. The van der Waals surface area contributed by atoms with E-state index in [0.29, 0.717) is 6.04 Å². The van der Waals surface area contributed by atoms with Gasteiger partial charge >= 0.3 is 0 Å². The molecule has 118 valence electrons. The smallest absolute Gasteiger partial charge is 0.161 e. The molecule has 4 heteroatoms. The Labute approximate surface area is 128 Å². The molecule has 0 bridgehead atoms. The molecule has 1 aliphatic rings. The molecule has 0 radical (unpaired) electrons. The first-order valence-corrected chi connectivity index (χ1v) is 7.79. The van der Waals surface area contributed by atoms with Crippen molar-refractivity contribution < 1.29 is 9.47 Å². The van der Waals surface area contributed by atoms with E-state index in [1.165, 1.54) is 25.1 Å². The van der Waals surface area contributed by atoms with Crippen molar-refractivity contribution in [2.24, 2.45) is 5.92 Å². The van der Waals surface area contributed by atoms with Crippen molar-refractivity contribution in [3.05, 3.63) is 23.8 Å². The lowest BCUT2D eigenvalue weighted by atomic mass is 10.1. The number of ether oxygens (including phenoxy) is 2. The molecule has 0 aliphatic carbocycles. The van der Waals surface area contributed by atoms with Crippen LogP contribution in [-0.2, 0) is 6.54 Å². The molecule has 1 aliphatic heterocycles. The molecular weight excluding hydrogens is 264 g/mol. The maximum Gasteiger partial charge on any atom is 0.161 e. The summed E-state index contributed by atoms with van der Waals surface area (Å²) < 4.78 is 10.7. The Morgan fingerprint density at radius 2 is 2.00 bits per heavy atom. The van der Waals surface area contributed by atoms with Gasteiger partial charge in [-0.05, 0) is 43.1 Å². The highest BCUT2D eigenvalue weighted by molar-refractivity contribution is 5.42. The molecule has 4 nitrogen and oxygen atoms in total. The summed E-state index contributed by atoms with van der Waals surface area (Å²) in [6.07, 6.45) is 1.28. The van der Waals surface area contributed by atoms with Crippen LogP contribution >= 0.6 is 0 Å². The predicted molar refractivity (Wildman–Crippen MR) is 86.1 cm³/mol. The van der Waals surface area contributed by atoms with Gasteiger partial charge in [0.15, 0.2) is 11.5 Å². The van der Waals surface area contributed by atoms with Crippen molar-refractivity contribution in [2.75, 3.05) is 33.9 Å². The minimum Gasteiger partial charge on any atom is -0.493 e. The van der Waals surface area contributed by atoms with E-state index in [2.05, 4.69) is 36.2 Å². The SMILES string of the molecule is COc1ccc(CN2CCC(CNC(C)C)C2)cc1OC. The Bertz CT molecular complexity index is 448. The Morgan fingerprint density at radius 3 is 2.67 bits per heavy atom. The highest BCUT2D eigenvalue weighted by Gasteiger charge is 2.22. The standard InChI is InChI=1S/C17H28N2O2/c1-13(2)18-10-15-7-8-19(12-15)11-14-5-6-16(20-3)17(9-14)21-4/h5-6,9,13,15,18H,7-8,10-12H2,1-4H3. The van der Waals surface area contributed by atoms with E-state index in [0.717, 1.165) is 30.5 Å². The summed E-state index contributed by atoms with van der Waals surface area (Å²) in [5.41, 5.74) is 1.28. The van der Waals surface area contributed by atoms with Crippen LogP contribution in [-0.4, -0.2) is 44.8 Å². The van der Waals surface area contributed by atoms with Gasteiger partial charge in [0, 0.05) is 19.1 Å². The van der Waals surface area contributed by atoms with Crippen LogP contribution in [0.1, 0.15) is 25.8 Å². The summed E-state index contributed by atoms with van der Waals surface area (Å²) in [5.74, 6) is 2.38. The van der Waals surface area contributed by atoms with Gasteiger partial charge < -0.3 is 14.8 Å². The second kappa shape index (κ2) is 7.66. The summed E-state index contributed by atoms with van der Waals surface area (Å²) in [4.78, 5) is 2.52. The Kier molecular flexibility index (Phi) is 5.88. The number of nitrogens with zero attached hydrogens (tertiary/aromatic N) is 1. The average molecular weight is 292 g/mol. The highest BCUT2D eigenvalue weighted by Crippen LogP contribution is 2.28. The molecule has 1 atom stereocenters. The molecule has 1 fully saturated rings. The first-order chi connectivity index (χ1) is 10.1. The Morgan fingerprint density at radius 1 is 1.24 bits per heavy atom. The van der Waals surface area contributed by atoms with Crippen molar-refractivity contribution in [1.82, 2.24) is 10.2 Å². The van der Waals surface area contributed by atoms with Crippen LogP contribution in [0.25, 0.3) is 0 Å². The fourth-order valence-electron chi connectivity index (χ4n) is 2.86. The van der Waals surface area contributed by atoms with Gasteiger partial charge in [-0.3, -0.25) is 4.90 Å². The molecule has 1 aromatic carbocycles. The van der Waals surface area contributed by atoms with E-state index in [4.69, 9.17) is 9.47 Å². The quantitative estimate of drug-likeness (QED) is 0.837. The van der Waals surface area contributed by atoms with Gasteiger partial charge in [0.1, 0.15) is 0 Å². The van der Waals surface area contributed by atoms with Crippen LogP contribution in [0, 0.1) is 5.92 Å². The Balaban J connectivity index is 1.88. The summed E-state index contributed by atoms with van der Waals surface area (Å²) in [5, 5.41) is 3.54. The summed E-state index contributed by atoms with van der Waals surface area (Å²) in [7, 11) is 3.36. The van der Waals surface area contributed by atoms with E-state index in [1.54, 1.807) is 14.2 Å². The molecule has 1 unspecified atom stereocenters. The van der Waals surface area contributed by atoms with E-state index in [9.17, 15) is 0 Å². The molecule has 1 N–H and O–H groups in total. The van der Waals surface area contributed by atoms with Crippen molar-refractivity contribution in [2.45, 2.75) is 32.9 Å². The first-order valence-electron chi connectivity index (χ1n) is 7.79.